The molecule has 0 spiro atoms. The lowest BCUT2D eigenvalue weighted by Crippen LogP contribution is -2.39. The zero-order chi connectivity index (χ0) is 24.8. The van der Waals surface area contributed by atoms with Gasteiger partial charge in [0.05, 0.1) is 0 Å². The van der Waals surface area contributed by atoms with Crippen LogP contribution in [0.2, 0.25) is 0 Å². The van der Waals surface area contributed by atoms with Crippen LogP contribution >= 0.6 is 0 Å². The van der Waals surface area contributed by atoms with Gasteiger partial charge in [-0.05, 0) is 80.0 Å². The molecule has 182 valence electrons. The molecule has 0 atom stereocenters. The van der Waals surface area contributed by atoms with Gasteiger partial charge in [-0.2, -0.15) is 0 Å². The van der Waals surface area contributed by atoms with Gasteiger partial charge in [-0.3, -0.25) is 9.78 Å². The Morgan fingerprint density at radius 1 is 0.971 bits per heavy atom. The third-order valence-electron chi connectivity index (χ3n) is 6.99. The number of carbonyl (C=O) groups is 1. The minimum Gasteiger partial charge on any atom is -0.372 e. The van der Waals surface area contributed by atoms with E-state index in [1.165, 1.54) is 29.7 Å². The number of allylic oxidation sites excluding steroid dienone is 3. The molecule has 2 aliphatic heterocycles. The number of nitrogens with zero attached hydrogens (tertiary/aromatic N) is 3. The van der Waals surface area contributed by atoms with Gasteiger partial charge in [0.25, 0.3) is 5.91 Å². The first kappa shape index (κ1) is 24.5. The van der Waals surface area contributed by atoms with E-state index in [0.717, 1.165) is 50.3 Å². The van der Waals surface area contributed by atoms with Crippen LogP contribution in [-0.2, 0) is 0 Å². The number of hydrogen-bond acceptors (Lipinski definition) is 4. The highest BCUT2D eigenvalue weighted by Crippen LogP contribution is 2.32. The molecule has 1 aromatic carbocycles. The Kier molecular flexibility index (Phi) is 7.86. The average molecular weight is 469 g/mol. The fraction of sp³-hybridized carbons (Fsp3) is 0.333. The zero-order valence-corrected chi connectivity index (χ0v) is 20.8. The molecular weight excluding hydrogens is 432 g/mol. The van der Waals surface area contributed by atoms with Crippen LogP contribution in [-0.4, -0.2) is 42.0 Å². The molecule has 5 heteroatoms. The summed E-state index contributed by atoms with van der Waals surface area (Å²) in [6.45, 7) is 18.0. The first-order chi connectivity index (χ1) is 17.0. The molecule has 35 heavy (non-hydrogen) atoms. The fourth-order valence-electron chi connectivity index (χ4n) is 4.90. The Morgan fingerprint density at radius 3 is 2.23 bits per heavy atom. The van der Waals surface area contributed by atoms with E-state index in [1.54, 1.807) is 12.3 Å². The van der Waals surface area contributed by atoms with Crippen LogP contribution in [0.1, 0.15) is 54.2 Å². The molecule has 0 saturated carbocycles. The Balaban J connectivity index is 1.30. The van der Waals surface area contributed by atoms with Gasteiger partial charge >= 0.3 is 0 Å². The van der Waals surface area contributed by atoms with Crippen LogP contribution in [0.4, 0.5) is 5.69 Å². The summed E-state index contributed by atoms with van der Waals surface area (Å²) >= 11 is 0. The molecule has 2 aromatic rings. The highest BCUT2D eigenvalue weighted by molar-refractivity contribution is 5.92. The fourth-order valence-corrected chi connectivity index (χ4v) is 4.90. The van der Waals surface area contributed by atoms with Gasteiger partial charge in [0.2, 0.25) is 0 Å². The van der Waals surface area contributed by atoms with Crippen LogP contribution in [0.3, 0.4) is 0 Å². The predicted octanol–water partition coefficient (Wildman–Crippen LogP) is 5.90. The van der Waals surface area contributed by atoms with Crippen molar-refractivity contribution in [3.05, 3.63) is 97.0 Å². The molecule has 0 bridgehead atoms. The summed E-state index contributed by atoms with van der Waals surface area (Å²) in [5, 5.41) is 3.13. The summed E-state index contributed by atoms with van der Waals surface area (Å²) in [7, 11) is 0. The van der Waals surface area contributed by atoms with Gasteiger partial charge in [-0.1, -0.05) is 37.9 Å². The van der Waals surface area contributed by atoms with Crippen LogP contribution < -0.4 is 10.2 Å². The summed E-state index contributed by atoms with van der Waals surface area (Å²) < 4.78 is 0. The molecule has 2 fully saturated rings. The number of amides is 1. The summed E-state index contributed by atoms with van der Waals surface area (Å²) in [6.07, 6.45) is 9.88. The van der Waals surface area contributed by atoms with Gasteiger partial charge < -0.3 is 15.1 Å². The average Bonchev–Trinajstić information content (AvgIpc) is 3.43. The molecule has 0 unspecified atom stereocenters. The lowest BCUT2D eigenvalue weighted by Gasteiger charge is -2.33. The van der Waals surface area contributed by atoms with Gasteiger partial charge in [0.1, 0.15) is 5.69 Å². The second kappa shape index (κ2) is 11.2. The highest BCUT2D eigenvalue weighted by Gasteiger charge is 2.26. The topological polar surface area (TPSA) is 48.5 Å². The van der Waals surface area contributed by atoms with Gasteiger partial charge in [-0.25, -0.2) is 0 Å². The van der Waals surface area contributed by atoms with Crippen LogP contribution in [0.5, 0.6) is 0 Å². The second-order valence-corrected chi connectivity index (χ2v) is 9.39. The van der Waals surface area contributed by atoms with Crippen molar-refractivity contribution in [3.8, 4) is 0 Å². The van der Waals surface area contributed by atoms with E-state index in [0.29, 0.717) is 17.3 Å². The summed E-state index contributed by atoms with van der Waals surface area (Å²) in [4.78, 5) is 21.8. The van der Waals surface area contributed by atoms with Crippen molar-refractivity contribution in [2.75, 3.05) is 31.1 Å². The third-order valence-corrected chi connectivity index (χ3v) is 6.99. The van der Waals surface area contributed by atoms with E-state index >= 15 is 0 Å². The molecule has 1 N–H and O–H groups in total. The second-order valence-electron chi connectivity index (χ2n) is 9.39. The molecular formula is C30H36N4O. The van der Waals surface area contributed by atoms with Crippen molar-refractivity contribution in [3.63, 3.8) is 0 Å². The van der Waals surface area contributed by atoms with Crippen molar-refractivity contribution < 1.29 is 4.79 Å². The molecule has 4 rings (SSSR count). The first-order valence-electron chi connectivity index (χ1n) is 12.5. The molecule has 2 aliphatic rings. The molecule has 1 amide bonds. The van der Waals surface area contributed by atoms with Gasteiger partial charge in [0, 0.05) is 55.0 Å². The number of carbonyl (C=O) groups excluding carboxylic acids is 1. The third kappa shape index (κ3) is 5.91. The number of piperidine rings is 1. The molecule has 1 aromatic heterocycles. The van der Waals surface area contributed by atoms with Gasteiger partial charge in [0.15, 0.2) is 0 Å². The Bertz CT molecular complexity index is 1100. The number of anilines is 1. The normalized spacial score (nSPS) is 16.5. The predicted molar refractivity (Wildman–Crippen MR) is 146 cm³/mol. The molecule has 3 heterocycles. The lowest BCUT2D eigenvalue weighted by molar-refractivity contribution is 0.0702. The Labute approximate surface area is 209 Å². The van der Waals surface area contributed by atoms with Crippen molar-refractivity contribution in [2.24, 2.45) is 5.92 Å². The number of likely N-dealkylation sites (tertiary alicyclic amines) is 1. The quantitative estimate of drug-likeness (QED) is 0.490. The lowest BCUT2D eigenvalue weighted by atomic mass is 9.86. The Morgan fingerprint density at radius 2 is 1.63 bits per heavy atom. The van der Waals surface area contributed by atoms with E-state index in [4.69, 9.17) is 0 Å². The number of hydrogen-bond donors (Lipinski definition) is 1. The van der Waals surface area contributed by atoms with Crippen LogP contribution in [0.15, 0.2) is 80.2 Å². The monoisotopic (exact) mass is 468 g/mol. The number of rotatable bonds is 8. The van der Waals surface area contributed by atoms with E-state index < -0.39 is 0 Å². The highest BCUT2D eigenvalue weighted by atomic mass is 16.2. The molecule has 2 saturated heterocycles. The summed E-state index contributed by atoms with van der Waals surface area (Å²) in [5.74, 6) is 0.374. The SMILES string of the molecule is C=C(/C=C\C)NC(=C)c1ccc(C(=O)N2CCC(C(=C)c3ccc(N4CCCC4)cc3)CC2)nc1. The Hall–Kier alpha value is -3.60. The molecule has 5 nitrogen and oxygen atoms in total. The molecule has 0 aliphatic carbocycles. The van der Waals surface area contributed by atoms with Crippen molar-refractivity contribution in [1.82, 2.24) is 15.2 Å². The van der Waals surface area contributed by atoms with Crippen molar-refractivity contribution in [2.45, 2.75) is 32.6 Å². The van der Waals surface area contributed by atoms with E-state index in [-0.39, 0.29) is 5.91 Å². The molecule has 0 radical (unpaired) electrons. The van der Waals surface area contributed by atoms with E-state index in [2.05, 4.69) is 59.2 Å². The van der Waals surface area contributed by atoms with E-state index in [9.17, 15) is 4.79 Å². The number of benzene rings is 1. The summed E-state index contributed by atoms with van der Waals surface area (Å²) in [5.41, 5.74) is 6.44. The maximum absolute atomic E-state index is 13.0. The van der Waals surface area contributed by atoms with Crippen LogP contribution in [0.25, 0.3) is 11.3 Å². The standard InChI is InChI=1S/C30H36N4O/c1-5-8-22(2)32-24(4)27-11-14-29(31-21-27)30(35)34-19-15-26(16-20-34)23(3)25-9-12-28(13-10-25)33-17-6-7-18-33/h5,8-14,21,26,32H,2-4,6-7,15-20H2,1H3/b8-5-. The number of nitrogens with one attached hydrogen (secondary N) is 1. The van der Waals surface area contributed by atoms with Crippen molar-refractivity contribution in [1.29, 1.82) is 0 Å². The maximum atomic E-state index is 13.0. The first-order valence-corrected chi connectivity index (χ1v) is 12.5. The smallest absolute Gasteiger partial charge is 0.272 e. The summed E-state index contributed by atoms with van der Waals surface area (Å²) in [6, 6.07) is 12.5. The van der Waals surface area contributed by atoms with E-state index in [1.807, 2.05) is 30.0 Å². The number of pyridine rings is 1. The minimum absolute atomic E-state index is 0.0209. The van der Waals surface area contributed by atoms with Crippen LogP contribution in [0, 0.1) is 5.92 Å². The minimum atomic E-state index is -0.0209. The largest absolute Gasteiger partial charge is 0.372 e. The number of aromatic nitrogens is 1. The zero-order valence-electron chi connectivity index (χ0n) is 20.8. The van der Waals surface area contributed by atoms with Crippen molar-refractivity contribution >= 4 is 22.9 Å². The maximum Gasteiger partial charge on any atom is 0.272 e. The van der Waals surface area contributed by atoms with Gasteiger partial charge in [-0.15, -0.1) is 0 Å².